The van der Waals surface area contributed by atoms with E-state index in [0.717, 1.165) is 33.4 Å². The van der Waals surface area contributed by atoms with E-state index in [1.54, 1.807) is 135 Å². The van der Waals surface area contributed by atoms with Gasteiger partial charge in [-0.3, -0.25) is 15.0 Å². The highest BCUT2D eigenvalue weighted by atomic mass is 19.1. The molecule has 6 N–H and O–H groups in total. The van der Waals surface area contributed by atoms with Crippen LogP contribution in [0.1, 0.15) is 99.2 Å². The lowest BCUT2D eigenvalue weighted by molar-refractivity contribution is 0.0682. The van der Waals surface area contributed by atoms with Crippen molar-refractivity contribution in [2.45, 2.75) is 26.6 Å². The number of hydrogen-bond acceptors (Lipinski definition) is 21. The zero-order chi connectivity index (χ0) is 84.4. The summed E-state index contributed by atoms with van der Waals surface area (Å²) in [7, 11) is 8.64. The highest BCUT2D eigenvalue weighted by Gasteiger charge is 2.31. The van der Waals surface area contributed by atoms with E-state index >= 15 is 13.2 Å². The van der Waals surface area contributed by atoms with E-state index in [4.69, 9.17) is 58.4 Å². The average Bonchev–Trinajstić information content (AvgIpc) is 1.63. The first kappa shape index (κ1) is 80.7. The molecule has 0 aliphatic carbocycles. The van der Waals surface area contributed by atoms with Gasteiger partial charge < -0.3 is 59.7 Å². The quantitative estimate of drug-likeness (QED) is 0.0305. The van der Waals surface area contributed by atoms with Crippen molar-refractivity contribution in [3.05, 3.63) is 314 Å². The van der Waals surface area contributed by atoms with Gasteiger partial charge in [0.25, 0.3) is 0 Å². The van der Waals surface area contributed by atoms with E-state index in [0.29, 0.717) is 113 Å². The lowest BCUT2D eigenvalue weighted by Gasteiger charge is -2.16. The average molecular weight is 1610 g/mol. The number of fused-ring (bicyclic) bond motifs is 9. The fourth-order valence-corrected chi connectivity index (χ4v) is 13.8. The molecule has 0 spiro atoms. The molecule has 10 aromatic carbocycles. The van der Waals surface area contributed by atoms with Crippen LogP contribution in [-0.4, -0.2) is 123 Å². The number of methoxy groups -OCH3 is 6. The molecule has 598 valence electrons. The minimum absolute atomic E-state index is 0.0173. The number of rotatable bonds is 20. The number of benzene rings is 10. The van der Waals surface area contributed by atoms with Crippen LogP contribution in [0.25, 0.3) is 51.0 Å². The molecular formula is C92H70F4N12O12. The first-order chi connectivity index (χ1) is 58.2. The summed E-state index contributed by atoms with van der Waals surface area (Å²) in [6.45, 7) is 6.20. The summed E-state index contributed by atoms with van der Waals surface area (Å²) >= 11 is 0. The molecule has 3 aliphatic rings. The summed E-state index contributed by atoms with van der Waals surface area (Å²) < 4.78 is 92.7. The van der Waals surface area contributed by atoms with Crippen molar-refractivity contribution in [3.63, 3.8) is 0 Å². The largest absolute Gasteiger partial charge is 0.496 e. The zero-order valence-corrected chi connectivity index (χ0v) is 65.1. The van der Waals surface area contributed by atoms with Crippen LogP contribution >= 0.6 is 0 Å². The van der Waals surface area contributed by atoms with Crippen LogP contribution in [0, 0.1) is 35.1 Å². The number of carboxylic acids is 3. The maximum absolute atomic E-state index is 15.4. The van der Waals surface area contributed by atoms with Gasteiger partial charge in [-0.1, -0.05) is 85.3 Å². The summed E-state index contributed by atoms with van der Waals surface area (Å²) in [6, 6.07) is 50.8. The Morgan fingerprint density at radius 3 is 1.12 bits per heavy atom. The van der Waals surface area contributed by atoms with Crippen LogP contribution in [0.4, 0.5) is 52.5 Å². The zero-order valence-electron chi connectivity index (χ0n) is 65.1. The molecule has 13 aromatic rings. The minimum Gasteiger partial charge on any atom is -0.496 e. The third-order valence-electron chi connectivity index (χ3n) is 19.5. The Hall–Kier alpha value is -15.9. The fourth-order valence-electron chi connectivity index (χ4n) is 13.8. The van der Waals surface area contributed by atoms with Crippen LogP contribution in [0.5, 0.6) is 34.5 Å². The Labute approximate surface area is 684 Å². The summed E-state index contributed by atoms with van der Waals surface area (Å²) in [4.78, 5) is 76.4. The van der Waals surface area contributed by atoms with Gasteiger partial charge in [0, 0.05) is 115 Å². The molecule has 0 saturated carbocycles. The van der Waals surface area contributed by atoms with E-state index in [9.17, 15) is 34.1 Å². The van der Waals surface area contributed by atoms with E-state index in [2.05, 4.69) is 49.3 Å². The van der Waals surface area contributed by atoms with Crippen LogP contribution < -0.4 is 44.4 Å². The molecule has 16 rings (SSSR count). The SMILES string of the molecule is C=Cc1ccc2c(c1)C(c1c(F)cccc1OC)=NCc1cnc(Nc3ccc(C(=O)O)c(OC)c3)nc1-2.CC#Cc1ccc2c(c1)C(c1c(F)cccc1OC)=NCc1cnc(Nc3ccc(C(=O)O)c(OC)c3)nc1-2.COc1cc(Nc2ncc3c(n2)-c2ccc(-c4ccccc4F)cc2C(c2c(F)cccc2OC)=NC3)ccc1C(=O)O. The Kier molecular flexibility index (Phi) is 23.8. The Balaban J connectivity index is 0.000000148. The van der Waals surface area contributed by atoms with Gasteiger partial charge in [0.15, 0.2) is 0 Å². The van der Waals surface area contributed by atoms with Crippen molar-refractivity contribution in [3.8, 4) is 91.2 Å². The molecular weight excluding hydrogens is 1540 g/mol. The highest BCUT2D eigenvalue weighted by molar-refractivity contribution is 6.21. The molecule has 0 amide bonds. The molecule has 3 aromatic heterocycles. The van der Waals surface area contributed by atoms with Crippen molar-refractivity contribution in [1.29, 1.82) is 0 Å². The van der Waals surface area contributed by atoms with E-state index in [1.807, 2.05) is 42.5 Å². The number of aliphatic imine (C=N–C) groups is 3. The molecule has 0 fully saturated rings. The number of nitrogens with one attached hydrogen (secondary N) is 3. The summed E-state index contributed by atoms with van der Waals surface area (Å²) in [5.41, 5.74) is 14.2. The number of carboxylic acid groups (broad SMARTS) is 3. The Morgan fingerprint density at radius 1 is 0.392 bits per heavy atom. The van der Waals surface area contributed by atoms with Gasteiger partial charge in [0.05, 0.1) is 113 Å². The van der Waals surface area contributed by atoms with Gasteiger partial charge in [-0.25, -0.2) is 61.8 Å². The van der Waals surface area contributed by atoms with Gasteiger partial charge in [-0.15, -0.1) is 5.92 Å². The second-order valence-corrected chi connectivity index (χ2v) is 26.6. The molecule has 0 bridgehead atoms. The number of aromatic nitrogens is 6. The number of nitrogens with zero attached hydrogens (tertiary/aromatic N) is 9. The molecule has 0 radical (unpaired) electrons. The number of aromatic carboxylic acids is 3. The predicted octanol–water partition coefficient (Wildman–Crippen LogP) is 18.1. The number of halogens is 4. The van der Waals surface area contributed by atoms with Gasteiger partial charge in [-0.2, -0.15) is 0 Å². The van der Waals surface area contributed by atoms with Crippen LogP contribution in [0.2, 0.25) is 0 Å². The third-order valence-corrected chi connectivity index (χ3v) is 19.5. The van der Waals surface area contributed by atoms with Gasteiger partial charge in [0.1, 0.15) is 74.5 Å². The van der Waals surface area contributed by atoms with E-state index < -0.39 is 41.2 Å². The van der Waals surface area contributed by atoms with Crippen molar-refractivity contribution in [2.75, 3.05) is 58.6 Å². The molecule has 0 atom stereocenters. The second kappa shape index (κ2) is 35.4. The van der Waals surface area contributed by atoms with Crippen LogP contribution in [-0.2, 0) is 19.6 Å². The lowest BCUT2D eigenvalue weighted by atomic mass is 9.91. The first-order valence-electron chi connectivity index (χ1n) is 36.7. The van der Waals surface area contributed by atoms with E-state index in [-0.39, 0.29) is 82.2 Å². The Bertz CT molecular complexity index is 6470. The van der Waals surface area contributed by atoms with Crippen LogP contribution in [0.3, 0.4) is 0 Å². The maximum atomic E-state index is 15.4. The van der Waals surface area contributed by atoms with Gasteiger partial charge in [-0.05, 0) is 121 Å². The Morgan fingerprint density at radius 2 is 0.750 bits per heavy atom. The van der Waals surface area contributed by atoms with Crippen molar-refractivity contribution < 1.29 is 75.7 Å². The summed E-state index contributed by atoms with van der Waals surface area (Å²) in [6.07, 6.45) is 6.68. The molecule has 120 heavy (non-hydrogen) atoms. The van der Waals surface area contributed by atoms with Crippen molar-refractivity contribution in [1.82, 2.24) is 29.9 Å². The molecule has 0 unspecified atom stereocenters. The molecule has 0 saturated heterocycles. The number of hydrogen-bond donors (Lipinski definition) is 6. The van der Waals surface area contributed by atoms with Crippen LogP contribution in [0.15, 0.2) is 228 Å². The van der Waals surface area contributed by atoms with E-state index in [1.165, 1.54) is 85.1 Å². The number of anilines is 6. The summed E-state index contributed by atoms with van der Waals surface area (Å²) in [5.74, 6) is 3.29. The predicted molar refractivity (Wildman–Crippen MR) is 447 cm³/mol. The molecule has 6 heterocycles. The maximum Gasteiger partial charge on any atom is 0.339 e. The molecule has 3 aliphatic heterocycles. The monoisotopic (exact) mass is 1610 g/mol. The minimum atomic E-state index is -1.11. The smallest absolute Gasteiger partial charge is 0.339 e. The van der Waals surface area contributed by atoms with Crippen molar-refractivity contribution in [2.24, 2.45) is 15.0 Å². The highest BCUT2D eigenvalue weighted by Crippen LogP contribution is 2.42. The van der Waals surface area contributed by atoms with Crippen molar-refractivity contribution >= 4 is 76.0 Å². The topological polar surface area (TPSA) is 318 Å². The standard InChI is InChI=1S/C33H24F2N4O4.C30H23FN4O4.C29H23FN4O4/c1-42-27-9-5-8-26(35)29(27)31-24-14-18(21-6-3-4-7-25(21)34)10-12-22(24)30-19(16-36-31)17-37-33(39-30)38-20-11-13-23(32(40)41)28(15-20)43-2;1-4-6-17-9-11-20-22(13-17)28(26-23(31)7-5-8-24(26)38-2)32-15-18-16-33-30(35-27(18)20)34-19-10-12-21(29(36)37)25(14-19)39-3;1-4-16-8-10-19-21(12-16)27(25-22(30)6-5-7-23(25)37-2)31-14-17-15-32-29(34-26(17)19)33-18-9-11-20(28(35)36)24(13-18)38-3/h3-15,17H,16H2,1-2H3,(H,40,41)(H,37,38,39);5,7-14,16H,15H2,1-3H3,(H,36,37)(H,33,34,35);4-13,15H,1,14H2,2-3H3,(H,35,36)(H,32,33,34). The number of ether oxygens (including phenoxy) is 6. The first-order valence-corrected chi connectivity index (χ1v) is 36.7. The van der Waals surface area contributed by atoms with Gasteiger partial charge >= 0.3 is 17.9 Å². The fraction of sp³-hybridized carbons (Fsp3) is 0.109. The molecule has 24 nitrogen and oxygen atoms in total. The summed E-state index contributed by atoms with van der Waals surface area (Å²) in [5, 5.41) is 37.4. The molecule has 28 heteroatoms. The second-order valence-electron chi connectivity index (χ2n) is 26.6. The van der Waals surface area contributed by atoms with Gasteiger partial charge in [0.2, 0.25) is 17.8 Å². The third kappa shape index (κ3) is 16.7. The lowest BCUT2D eigenvalue weighted by Crippen LogP contribution is -2.10. The normalized spacial score (nSPS) is 11.8. The number of carbonyl (C=O) groups is 3.